The van der Waals surface area contributed by atoms with Gasteiger partial charge in [0.2, 0.25) is 11.0 Å². The van der Waals surface area contributed by atoms with Crippen molar-refractivity contribution >= 4 is 22.4 Å². The molecule has 1 aromatic rings. The van der Waals surface area contributed by atoms with Gasteiger partial charge in [0.15, 0.2) is 0 Å². The number of aryl methyl sites for hydroxylation is 1. The predicted octanol–water partition coefficient (Wildman–Crippen LogP) is 2.62. The zero-order chi connectivity index (χ0) is 11.1. The van der Waals surface area contributed by atoms with Crippen LogP contribution in [0.15, 0.2) is 0 Å². The molecule has 0 aromatic carbocycles. The third kappa shape index (κ3) is 4.88. The molecule has 1 aromatic heterocycles. The Morgan fingerprint density at radius 3 is 2.80 bits per heavy atom. The number of rotatable bonds is 6. The summed E-state index contributed by atoms with van der Waals surface area (Å²) in [6.45, 7) is 3.67. The highest BCUT2D eigenvalue weighted by atomic mass is 32.1. The van der Waals surface area contributed by atoms with Crippen LogP contribution in [-0.2, 0) is 11.2 Å². The number of nitrogens with one attached hydrogen (secondary N) is 1. The van der Waals surface area contributed by atoms with Gasteiger partial charge in [0.25, 0.3) is 0 Å². The Labute approximate surface area is 94.1 Å². The molecule has 1 amide bonds. The van der Waals surface area contributed by atoms with Gasteiger partial charge in [-0.25, -0.2) is 0 Å². The summed E-state index contributed by atoms with van der Waals surface area (Å²) in [6, 6.07) is 0. The van der Waals surface area contributed by atoms with Gasteiger partial charge in [0, 0.05) is 13.3 Å². The number of amides is 1. The minimum absolute atomic E-state index is 0.0938. The Kier molecular flexibility index (Phi) is 5.25. The van der Waals surface area contributed by atoms with Crippen molar-refractivity contribution in [1.82, 2.24) is 10.2 Å². The normalized spacial score (nSPS) is 10.3. The number of carbonyl (C=O) groups is 1. The monoisotopic (exact) mass is 227 g/mol. The van der Waals surface area contributed by atoms with Gasteiger partial charge in [-0.1, -0.05) is 37.5 Å². The smallest absolute Gasteiger partial charge is 0.223 e. The molecule has 0 aliphatic carbocycles. The van der Waals surface area contributed by atoms with E-state index in [-0.39, 0.29) is 5.91 Å². The number of anilines is 1. The topological polar surface area (TPSA) is 54.9 Å². The van der Waals surface area contributed by atoms with Crippen LogP contribution in [-0.4, -0.2) is 16.1 Å². The summed E-state index contributed by atoms with van der Waals surface area (Å²) in [4.78, 5) is 10.7. The first-order valence-electron chi connectivity index (χ1n) is 5.32. The Morgan fingerprint density at radius 1 is 1.33 bits per heavy atom. The Hall–Kier alpha value is -0.970. The van der Waals surface area contributed by atoms with Crippen molar-refractivity contribution in [3.05, 3.63) is 5.01 Å². The van der Waals surface area contributed by atoms with E-state index in [9.17, 15) is 4.79 Å². The van der Waals surface area contributed by atoms with E-state index in [1.807, 2.05) is 0 Å². The van der Waals surface area contributed by atoms with Gasteiger partial charge in [-0.2, -0.15) is 0 Å². The van der Waals surface area contributed by atoms with Crippen LogP contribution >= 0.6 is 11.3 Å². The molecule has 0 saturated carbocycles. The van der Waals surface area contributed by atoms with E-state index in [4.69, 9.17) is 0 Å². The van der Waals surface area contributed by atoms with Gasteiger partial charge < -0.3 is 5.32 Å². The summed E-state index contributed by atoms with van der Waals surface area (Å²) in [5, 5.41) is 12.2. The highest BCUT2D eigenvalue weighted by molar-refractivity contribution is 7.15. The van der Waals surface area contributed by atoms with Crippen LogP contribution in [0.3, 0.4) is 0 Å². The summed E-state index contributed by atoms with van der Waals surface area (Å²) in [7, 11) is 0. The number of hydrogen-bond donors (Lipinski definition) is 1. The maximum absolute atomic E-state index is 10.7. The number of nitrogens with zero attached hydrogens (tertiary/aromatic N) is 2. The van der Waals surface area contributed by atoms with Crippen molar-refractivity contribution in [3.8, 4) is 0 Å². The number of carbonyl (C=O) groups excluding carboxylic acids is 1. The van der Waals surface area contributed by atoms with Crippen molar-refractivity contribution in [3.63, 3.8) is 0 Å². The highest BCUT2D eigenvalue weighted by Gasteiger charge is 2.04. The Bertz CT molecular complexity index is 311. The zero-order valence-corrected chi connectivity index (χ0v) is 10.1. The second-order valence-electron chi connectivity index (χ2n) is 3.49. The molecular weight excluding hydrogens is 210 g/mol. The molecule has 84 valence electrons. The molecule has 0 fully saturated rings. The Balaban J connectivity index is 2.29. The number of hydrogen-bond acceptors (Lipinski definition) is 4. The van der Waals surface area contributed by atoms with E-state index in [0.29, 0.717) is 5.13 Å². The number of unbranched alkanes of at least 4 members (excludes halogenated alkanes) is 3. The van der Waals surface area contributed by atoms with Gasteiger partial charge in [-0.15, -0.1) is 10.2 Å². The van der Waals surface area contributed by atoms with Crippen LogP contribution in [0.2, 0.25) is 0 Å². The van der Waals surface area contributed by atoms with Crippen LogP contribution in [0.5, 0.6) is 0 Å². The van der Waals surface area contributed by atoms with Crippen molar-refractivity contribution in [2.75, 3.05) is 5.32 Å². The van der Waals surface area contributed by atoms with Gasteiger partial charge in [0.05, 0.1) is 0 Å². The van der Waals surface area contributed by atoms with E-state index in [2.05, 4.69) is 22.4 Å². The maximum atomic E-state index is 10.7. The standard InChI is InChI=1S/C10H17N3OS/c1-3-4-5-6-7-9-12-13-10(15-9)11-8(2)14/h3-7H2,1-2H3,(H,11,13,14). The number of aromatic nitrogens is 2. The quantitative estimate of drug-likeness (QED) is 0.760. The predicted molar refractivity (Wildman–Crippen MR) is 62.1 cm³/mol. The summed E-state index contributed by atoms with van der Waals surface area (Å²) in [6.07, 6.45) is 5.88. The van der Waals surface area contributed by atoms with Crippen molar-refractivity contribution in [2.24, 2.45) is 0 Å². The summed E-state index contributed by atoms with van der Waals surface area (Å²) in [5.74, 6) is -0.0938. The third-order valence-corrected chi connectivity index (χ3v) is 2.89. The maximum Gasteiger partial charge on any atom is 0.223 e. The molecule has 0 unspecified atom stereocenters. The lowest BCUT2D eigenvalue weighted by Crippen LogP contribution is -2.04. The lowest BCUT2D eigenvalue weighted by molar-refractivity contribution is -0.114. The van der Waals surface area contributed by atoms with Crippen LogP contribution in [0.1, 0.15) is 44.5 Å². The highest BCUT2D eigenvalue weighted by Crippen LogP contribution is 2.17. The molecule has 5 heteroatoms. The van der Waals surface area contributed by atoms with Crippen molar-refractivity contribution < 1.29 is 4.79 Å². The second kappa shape index (κ2) is 6.50. The average molecular weight is 227 g/mol. The largest absolute Gasteiger partial charge is 0.301 e. The van der Waals surface area contributed by atoms with Crippen LogP contribution in [0.4, 0.5) is 5.13 Å². The van der Waals surface area contributed by atoms with Gasteiger partial charge in [-0.3, -0.25) is 4.79 Å². The zero-order valence-electron chi connectivity index (χ0n) is 9.25. The molecule has 1 rings (SSSR count). The summed E-state index contributed by atoms with van der Waals surface area (Å²) >= 11 is 1.47. The third-order valence-electron chi connectivity index (χ3n) is 1.99. The molecule has 0 aliphatic heterocycles. The SMILES string of the molecule is CCCCCCc1nnc(NC(C)=O)s1. The fourth-order valence-electron chi connectivity index (χ4n) is 1.26. The second-order valence-corrected chi connectivity index (χ2v) is 4.55. The van der Waals surface area contributed by atoms with E-state index in [1.54, 1.807) is 0 Å². The fraction of sp³-hybridized carbons (Fsp3) is 0.700. The molecule has 15 heavy (non-hydrogen) atoms. The Morgan fingerprint density at radius 2 is 2.13 bits per heavy atom. The van der Waals surface area contributed by atoms with Gasteiger partial charge >= 0.3 is 0 Å². The van der Waals surface area contributed by atoms with Crippen LogP contribution in [0, 0.1) is 0 Å². The van der Waals surface area contributed by atoms with Crippen molar-refractivity contribution in [1.29, 1.82) is 0 Å². The van der Waals surface area contributed by atoms with Gasteiger partial charge in [0.1, 0.15) is 5.01 Å². The van der Waals surface area contributed by atoms with E-state index in [0.717, 1.165) is 17.8 Å². The molecule has 0 radical (unpaired) electrons. The molecular formula is C10H17N3OS. The first-order valence-corrected chi connectivity index (χ1v) is 6.14. The lowest BCUT2D eigenvalue weighted by atomic mass is 10.2. The molecule has 0 aliphatic rings. The molecule has 4 nitrogen and oxygen atoms in total. The van der Waals surface area contributed by atoms with Crippen LogP contribution in [0.25, 0.3) is 0 Å². The van der Waals surface area contributed by atoms with Crippen LogP contribution < -0.4 is 5.32 Å². The average Bonchev–Trinajstić information content (AvgIpc) is 2.59. The van der Waals surface area contributed by atoms with Gasteiger partial charge in [-0.05, 0) is 6.42 Å². The first-order chi connectivity index (χ1) is 7.22. The van der Waals surface area contributed by atoms with E-state index < -0.39 is 0 Å². The molecule has 0 saturated heterocycles. The molecule has 0 bridgehead atoms. The molecule has 0 spiro atoms. The van der Waals surface area contributed by atoms with E-state index >= 15 is 0 Å². The minimum atomic E-state index is -0.0938. The first kappa shape index (κ1) is 12.1. The minimum Gasteiger partial charge on any atom is -0.301 e. The molecule has 1 heterocycles. The van der Waals surface area contributed by atoms with E-state index in [1.165, 1.54) is 37.5 Å². The lowest BCUT2D eigenvalue weighted by Gasteiger charge is -1.94. The summed E-state index contributed by atoms with van der Waals surface area (Å²) in [5.41, 5.74) is 0. The molecule has 1 N–H and O–H groups in total. The van der Waals surface area contributed by atoms with Crippen molar-refractivity contribution in [2.45, 2.75) is 46.0 Å². The fourth-order valence-corrected chi connectivity index (χ4v) is 2.09. The summed E-state index contributed by atoms with van der Waals surface area (Å²) < 4.78 is 0. The molecule has 0 atom stereocenters.